The Morgan fingerprint density at radius 1 is 1.10 bits per heavy atom. The third kappa shape index (κ3) is 7.43. The number of nitrogens with one attached hydrogen (secondary N) is 3. The number of alkyl carbamates (subject to hydrolysis) is 1. The lowest BCUT2D eigenvalue weighted by Crippen LogP contribution is -2.62. The van der Waals surface area contributed by atoms with E-state index in [1.54, 1.807) is 20.8 Å². The number of ketones is 1. The maximum absolute atomic E-state index is 14.6. The van der Waals surface area contributed by atoms with Gasteiger partial charge in [-0.2, -0.15) is 0 Å². The van der Waals surface area contributed by atoms with Gasteiger partial charge in [0.05, 0.1) is 23.9 Å². The fourth-order valence-electron chi connectivity index (χ4n) is 8.49. The summed E-state index contributed by atoms with van der Waals surface area (Å²) >= 11 is 0. The molecule has 5 aliphatic heterocycles. The van der Waals surface area contributed by atoms with Crippen molar-refractivity contribution in [3.05, 3.63) is 0 Å². The molecule has 1 amide bonds. The summed E-state index contributed by atoms with van der Waals surface area (Å²) in [6.07, 6.45) is -0.456. The summed E-state index contributed by atoms with van der Waals surface area (Å²) in [6.45, 7) is 14.4. The Labute approximate surface area is 285 Å². The number of nitrogens with zero attached hydrogens (tertiary/aromatic N) is 1. The molecule has 0 radical (unpaired) electrons. The number of rotatable bonds is 7. The van der Waals surface area contributed by atoms with Gasteiger partial charge in [0.25, 0.3) is 0 Å². The number of esters is 1. The normalized spacial score (nSPS) is 46.2. The minimum absolute atomic E-state index is 0.0492. The highest BCUT2D eigenvalue weighted by Gasteiger charge is 2.58. The SMILES string of the molecule is CC[C@H]1OC(=O)[C@@]2(C)CCO[C@@](C)(C[C@@H](C)CN[C@H](C)[C@H]3NC(=O)O[C@@]31C)[C@H](O[C@@H]1O[C@H](CNC3CC3)CC(N(C)C)C1O)[C@@H](C)C2=O. The first-order chi connectivity index (χ1) is 22.5. The van der Waals surface area contributed by atoms with E-state index in [-0.39, 0.29) is 42.9 Å². The van der Waals surface area contributed by atoms with E-state index in [0.29, 0.717) is 38.4 Å². The second-order valence-electron chi connectivity index (χ2n) is 16.0. The van der Waals surface area contributed by atoms with Crippen molar-refractivity contribution in [2.45, 2.75) is 153 Å². The van der Waals surface area contributed by atoms with Crippen LogP contribution >= 0.6 is 0 Å². The molecule has 13 nitrogen and oxygen atoms in total. The van der Waals surface area contributed by atoms with E-state index in [1.807, 2.05) is 39.8 Å². The Hall–Kier alpha value is -1.87. The topological polar surface area (TPSA) is 157 Å². The fraction of sp³-hybridized carbons (Fsp3) is 0.914. The van der Waals surface area contributed by atoms with E-state index in [2.05, 4.69) is 22.9 Å². The second kappa shape index (κ2) is 14.4. The van der Waals surface area contributed by atoms with Gasteiger partial charge < -0.3 is 49.6 Å². The number of amides is 1. The van der Waals surface area contributed by atoms with E-state index in [4.69, 9.17) is 23.7 Å². The number of hydrogen-bond acceptors (Lipinski definition) is 12. The van der Waals surface area contributed by atoms with Crippen molar-refractivity contribution in [1.82, 2.24) is 20.9 Å². The quantitative estimate of drug-likeness (QED) is 0.230. The third-order valence-corrected chi connectivity index (χ3v) is 11.7. The number of Topliss-reactive ketones (excluding diaryl/α,β-unsaturated/α-hetero) is 1. The van der Waals surface area contributed by atoms with Crippen LogP contribution in [0.1, 0.15) is 87.0 Å². The van der Waals surface area contributed by atoms with E-state index >= 15 is 0 Å². The maximum atomic E-state index is 14.6. The molecule has 6 rings (SSSR count). The minimum atomic E-state index is -1.55. The fourth-order valence-corrected chi connectivity index (χ4v) is 8.49. The molecule has 5 saturated heterocycles. The molecular formula is C35H60N4O9. The minimum Gasteiger partial charge on any atom is -0.457 e. The van der Waals surface area contributed by atoms with Crippen molar-refractivity contribution >= 4 is 17.8 Å². The maximum Gasteiger partial charge on any atom is 0.408 e. The largest absolute Gasteiger partial charge is 0.457 e. The molecule has 4 N–H and O–H groups in total. The van der Waals surface area contributed by atoms with Crippen LogP contribution in [0.25, 0.3) is 0 Å². The number of fused-ring (bicyclic) bond motifs is 10. The molecule has 6 fully saturated rings. The first-order valence-electron chi connectivity index (χ1n) is 18.0. The zero-order valence-corrected chi connectivity index (χ0v) is 30.4. The molecule has 13 atom stereocenters. The van der Waals surface area contributed by atoms with Gasteiger partial charge in [-0.3, -0.25) is 9.59 Å². The summed E-state index contributed by atoms with van der Waals surface area (Å²) in [4.78, 5) is 43.4. The molecular weight excluding hydrogens is 620 g/mol. The second-order valence-corrected chi connectivity index (χ2v) is 16.0. The molecule has 274 valence electrons. The zero-order chi connectivity index (χ0) is 35.2. The number of hydrogen-bond donors (Lipinski definition) is 4. The monoisotopic (exact) mass is 680 g/mol. The summed E-state index contributed by atoms with van der Waals surface area (Å²) in [7, 11) is 3.87. The van der Waals surface area contributed by atoms with Gasteiger partial charge in [0, 0.05) is 37.2 Å². The zero-order valence-electron chi connectivity index (χ0n) is 30.4. The average Bonchev–Trinajstić information content (AvgIpc) is 3.80. The number of aliphatic hydroxyl groups excluding tert-OH is 1. The molecule has 0 spiro atoms. The lowest BCUT2D eigenvalue weighted by Gasteiger charge is -2.49. The Morgan fingerprint density at radius 3 is 2.46 bits per heavy atom. The van der Waals surface area contributed by atoms with E-state index in [1.165, 1.54) is 0 Å². The van der Waals surface area contributed by atoms with Crippen molar-refractivity contribution in [2.24, 2.45) is 17.3 Å². The first kappa shape index (κ1) is 37.4. The van der Waals surface area contributed by atoms with Gasteiger partial charge in [0.1, 0.15) is 17.6 Å². The molecule has 1 saturated carbocycles. The van der Waals surface area contributed by atoms with E-state index in [9.17, 15) is 19.5 Å². The highest BCUT2D eigenvalue weighted by atomic mass is 16.7. The molecule has 0 aromatic rings. The Balaban J connectivity index is 1.50. The Kier molecular flexibility index (Phi) is 11.2. The van der Waals surface area contributed by atoms with Crippen LogP contribution in [-0.2, 0) is 33.3 Å². The lowest BCUT2D eigenvalue weighted by molar-refractivity contribution is -0.301. The Bertz CT molecular complexity index is 1190. The predicted octanol–water partition coefficient (Wildman–Crippen LogP) is 2.13. The van der Waals surface area contributed by atoms with Crippen LogP contribution < -0.4 is 16.0 Å². The van der Waals surface area contributed by atoms with Crippen molar-refractivity contribution < 1.29 is 43.2 Å². The predicted molar refractivity (Wildman–Crippen MR) is 177 cm³/mol. The van der Waals surface area contributed by atoms with Crippen LogP contribution in [0.3, 0.4) is 0 Å². The average molecular weight is 681 g/mol. The van der Waals surface area contributed by atoms with Gasteiger partial charge in [0.2, 0.25) is 0 Å². The molecule has 5 heterocycles. The molecule has 1 aliphatic carbocycles. The number of likely N-dealkylation sites (N-methyl/N-ethyl adjacent to an activating group) is 1. The van der Waals surface area contributed by atoms with Crippen LogP contribution in [0.4, 0.5) is 4.79 Å². The smallest absolute Gasteiger partial charge is 0.408 e. The molecule has 0 aromatic carbocycles. The molecule has 2 bridgehead atoms. The van der Waals surface area contributed by atoms with Gasteiger partial charge in [0.15, 0.2) is 17.7 Å². The number of carbonyl (C=O) groups excluding carboxylic acids is 3. The first-order valence-corrected chi connectivity index (χ1v) is 18.0. The van der Waals surface area contributed by atoms with Gasteiger partial charge >= 0.3 is 12.1 Å². The van der Waals surface area contributed by atoms with Crippen LogP contribution in [0.15, 0.2) is 0 Å². The van der Waals surface area contributed by atoms with Crippen molar-refractivity contribution in [3.8, 4) is 0 Å². The molecule has 48 heavy (non-hydrogen) atoms. The van der Waals surface area contributed by atoms with Crippen LogP contribution in [0.5, 0.6) is 0 Å². The van der Waals surface area contributed by atoms with Crippen molar-refractivity contribution in [3.63, 3.8) is 0 Å². The van der Waals surface area contributed by atoms with E-state index < -0.39 is 65.2 Å². The van der Waals surface area contributed by atoms with Gasteiger partial charge in [-0.25, -0.2) is 4.79 Å². The van der Waals surface area contributed by atoms with Crippen LogP contribution in [0, 0.1) is 17.3 Å². The summed E-state index contributed by atoms with van der Waals surface area (Å²) in [5.41, 5.74) is -3.68. The molecule has 13 heteroatoms. The highest BCUT2D eigenvalue weighted by molar-refractivity contribution is 6.04. The summed E-state index contributed by atoms with van der Waals surface area (Å²) in [5.74, 6) is -1.77. The summed E-state index contributed by atoms with van der Waals surface area (Å²) in [6, 6.07) is -0.432. The van der Waals surface area contributed by atoms with Crippen LogP contribution in [0.2, 0.25) is 0 Å². The van der Waals surface area contributed by atoms with Crippen molar-refractivity contribution in [2.75, 3.05) is 33.8 Å². The van der Waals surface area contributed by atoms with Crippen LogP contribution in [-0.4, -0.2) is 128 Å². The number of aliphatic hydroxyl groups is 1. The molecule has 2 unspecified atom stereocenters. The molecule has 0 aromatic heterocycles. The van der Waals surface area contributed by atoms with Gasteiger partial charge in [-0.15, -0.1) is 0 Å². The van der Waals surface area contributed by atoms with Gasteiger partial charge in [-0.05, 0) is 92.8 Å². The number of ether oxygens (including phenoxy) is 5. The lowest BCUT2D eigenvalue weighted by atomic mass is 9.70. The third-order valence-electron chi connectivity index (χ3n) is 11.7. The summed E-state index contributed by atoms with van der Waals surface area (Å²) in [5, 5.41) is 21.6. The number of carbonyl (C=O) groups is 3. The standard InChI is InChI=1S/C35H60N4O9/c1-10-25-35(7)27(38-32(43)48-35)21(4)36-17-19(2)16-34(6)29(20(3)28(41)33(5,13-14-44-34)31(42)46-25)47-30-26(40)24(39(8)9)15-23(45-30)18-37-22-11-12-22/h19-27,29-30,36-37,40H,10-18H2,1-9H3,(H,38,43)/t19-,20+,21-,23+,24?,25-,26?,27-,29-,30+,33+,34+,35-/m1/s1. The Morgan fingerprint density at radius 2 is 1.81 bits per heavy atom. The van der Waals surface area contributed by atoms with Gasteiger partial charge in [-0.1, -0.05) is 20.8 Å². The van der Waals surface area contributed by atoms with Crippen molar-refractivity contribution in [1.29, 1.82) is 0 Å². The molecule has 6 aliphatic rings. The highest BCUT2D eigenvalue weighted by Crippen LogP contribution is 2.43. The van der Waals surface area contributed by atoms with E-state index in [0.717, 1.165) is 12.8 Å². The summed E-state index contributed by atoms with van der Waals surface area (Å²) < 4.78 is 31.9.